The third-order valence-electron chi connectivity index (χ3n) is 3.88. The number of rotatable bonds is 7. The molecule has 2 aromatic carbocycles. The molecule has 0 unspecified atom stereocenters. The van der Waals surface area contributed by atoms with E-state index in [1.165, 1.54) is 11.4 Å². The zero-order chi connectivity index (χ0) is 18.6. The standard InChI is InChI=1S/C18H20N4O3S/c1-3-17-20-18(25-21-17)13-19-14-8-7-11-16(12-14)26(23,24)22(2)15-9-5-4-6-10-15/h4-12,19H,3,13H2,1-2H3. The van der Waals surface area contributed by atoms with Gasteiger partial charge in [-0.3, -0.25) is 4.31 Å². The summed E-state index contributed by atoms with van der Waals surface area (Å²) in [6.07, 6.45) is 0.697. The van der Waals surface area contributed by atoms with E-state index >= 15 is 0 Å². The van der Waals surface area contributed by atoms with Gasteiger partial charge < -0.3 is 9.84 Å². The Morgan fingerprint density at radius 3 is 2.58 bits per heavy atom. The molecule has 1 aromatic heterocycles. The smallest absolute Gasteiger partial charge is 0.264 e. The van der Waals surface area contributed by atoms with Crippen molar-refractivity contribution in [3.63, 3.8) is 0 Å². The summed E-state index contributed by atoms with van der Waals surface area (Å²) >= 11 is 0. The molecule has 0 saturated heterocycles. The highest BCUT2D eigenvalue weighted by Crippen LogP contribution is 2.23. The maximum atomic E-state index is 12.9. The molecular formula is C18H20N4O3S. The molecule has 0 radical (unpaired) electrons. The minimum Gasteiger partial charge on any atom is -0.376 e. The summed E-state index contributed by atoms with van der Waals surface area (Å²) < 4.78 is 32.1. The lowest BCUT2D eigenvalue weighted by molar-refractivity contribution is 0.378. The van der Waals surface area contributed by atoms with Crippen molar-refractivity contribution in [2.45, 2.75) is 24.8 Å². The van der Waals surface area contributed by atoms with Crippen LogP contribution in [0, 0.1) is 0 Å². The zero-order valence-electron chi connectivity index (χ0n) is 14.6. The molecule has 0 spiro atoms. The van der Waals surface area contributed by atoms with Gasteiger partial charge in [-0.15, -0.1) is 0 Å². The Labute approximate surface area is 152 Å². The Morgan fingerprint density at radius 1 is 1.12 bits per heavy atom. The van der Waals surface area contributed by atoms with Crippen LogP contribution in [0.1, 0.15) is 18.6 Å². The van der Waals surface area contributed by atoms with E-state index in [1.807, 2.05) is 13.0 Å². The maximum absolute atomic E-state index is 12.9. The van der Waals surface area contributed by atoms with Crippen LogP contribution in [0.4, 0.5) is 11.4 Å². The van der Waals surface area contributed by atoms with Crippen LogP contribution in [0.2, 0.25) is 0 Å². The number of hydrogen-bond acceptors (Lipinski definition) is 6. The van der Waals surface area contributed by atoms with E-state index in [0.29, 0.717) is 36.1 Å². The summed E-state index contributed by atoms with van der Waals surface area (Å²) in [6, 6.07) is 15.6. The fraction of sp³-hybridized carbons (Fsp3) is 0.222. The summed E-state index contributed by atoms with van der Waals surface area (Å²) in [5.41, 5.74) is 1.26. The molecule has 8 heteroatoms. The van der Waals surface area contributed by atoms with Gasteiger partial charge in [0.05, 0.1) is 17.1 Å². The van der Waals surface area contributed by atoms with Crippen LogP contribution in [0.3, 0.4) is 0 Å². The first kappa shape index (κ1) is 17.9. The van der Waals surface area contributed by atoms with Gasteiger partial charge >= 0.3 is 0 Å². The van der Waals surface area contributed by atoms with Crippen molar-refractivity contribution in [2.75, 3.05) is 16.7 Å². The molecule has 0 fully saturated rings. The molecule has 1 N–H and O–H groups in total. The molecule has 0 saturated carbocycles. The number of para-hydroxylation sites is 1. The fourth-order valence-electron chi connectivity index (χ4n) is 2.38. The first-order valence-corrected chi connectivity index (χ1v) is 9.64. The van der Waals surface area contributed by atoms with Gasteiger partial charge in [0.1, 0.15) is 0 Å². The maximum Gasteiger partial charge on any atom is 0.264 e. The van der Waals surface area contributed by atoms with E-state index in [2.05, 4.69) is 15.5 Å². The molecular weight excluding hydrogens is 352 g/mol. The van der Waals surface area contributed by atoms with Gasteiger partial charge in [0, 0.05) is 19.2 Å². The van der Waals surface area contributed by atoms with Crippen LogP contribution >= 0.6 is 0 Å². The number of benzene rings is 2. The Hall–Kier alpha value is -2.87. The summed E-state index contributed by atoms with van der Waals surface area (Å²) in [7, 11) is -2.12. The Bertz CT molecular complexity index is 971. The second-order valence-electron chi connectivity index (χ2n) is 5.65. The average Bonchev–Trinajstić information content (AvgIpc) is 3.15. The van der Waals surface area contributed by atoms with Crippen molar-refractivity contribution in [1.82, 2.24) is 10.1 Å². The highest BCUT2D eigenvalue weighted by atomic mass is 32.2. The number of nitrogens with zero attached hydrogens (tertiary/aromatic N) is 3. The molecule has 0 amide bonds. The third kappa shape index (κ3) is 3.85. The quantitative estimate of drug-likeness (QED) is 0.686. The van der Waals surface area contributed by atoms with E-state index in [1.54, 1.807) is 48.5 Å². The first-order chi connectivity index (χ1) is 12.5. The number of aryl methyl sites for hydroxylation is 1. The molecule has 0 bridgehead atoms. The lowest BCUT2D eigenvalue weighted by atomic mass is 10.3. The van der Waals surface area contributed by atoms with Crippen molar-refractivity contribution in [3.05, 3.63) is 66.3 Å². The van der Waals surface area contributed by atoms with Crippen LogP contribution in [-0.4, -0.2) is 25.6 Å². The van der Waals surface area contributed by atoms with Crippen molar-refractivity contribution in [3.8, 4) is 0 Å². The second kappa shape index (κ2) is 7.57. The Balaban J connectivity index is 1.77. The average molecular weight is 372 g/mol. The van der Waals surface area contributed by atoms with Crippen LogP contribution in [0.25, 0.3) is 0 Å². The van der Waals surface area contributed by atoms with Gasteiger partial charge in [0.25, 0.3) is 10.0 Å². The van der Waals surface area contributed by atoms with E-state index in [4.69, 9.17) is 4.52 Å². The monoisotopic (exact) mass is 372 g/mol. The van der Waals surface area contributed by atoms with E-state index in [0.717, 1.165) is 0 Å². The van der Waals surface area contributed by atoms with Gasteiger partial charge in [0.2, 0.25) is 5.89 Å². The molecule has 0 aliphatic heterocycles. The van der Waals surface area contributed by atoms with E-state index in [-0.39, 0.29) is 4.90 Å². The van der Waals surface area contributed by atoms with Gasteiger partial charge in [-0.25, -0.2) is 8.42 Å². The lowest BCUT2D eigenvalue weighted by Crippen LogP contribution is -2.26. The molecule has 26 heavy (non-hydrogen) atoms. The summed E-state index contributed by atoms with van der Waals surface area (Å²) in [5.74, 6) is 1.10. The zero-order valence-corrected chi connectivity index (χ0v) is 15.4. The van der Waals surface area contributed by atoms with Crippen LogP contribution in [0.5, 0.6) is 0 Å². The Kier molecular flexibility index (Phi) is 5.22. The van der Waals surface area contributed by atoms with Gasteiger partial charge in [-0.1, -0.05) is 36.3 Å². The predicted molar refractivity (Wildman–Crippen MR) is 99.5 cm³/mol. The second-order valence-corrected chi connectivity index (χ2v) is 7.62. The van der Waals surface area contributed by atoms with Crippen molar-refractivity contribution < 1.29 is 12.9 Å². The van der Waals surface area contributed by atoms with Crippen LogP contribution in [-0.2, 0) is 23.0 Å². The molecule has 1 heterocycles. The number of anilines is 2. The third-order valence-corrected chi connectivity index (χ3v) is 5.66. The van der Waals surface area contributed by atoms with Gasteiger partial charge in [0.15, 0.2) is 5.82 Å². The Morgan fingerprint density at radius 2 is 1.88 bits per heavy atom. The molecule has 3 aromatic rings. The minimum atomic E-state index is -3.66. The summed E-state index contributed by atoms with van der Waals surface area (Å²) in [5, 5.41) is 6.94. The molecule has 0 aliphatic carbocycles. The largest absolute Gasteiger partial charge is 0.376 e. The summed E-state index contributed by atoms with van der Waals surface area (Å²) in [6.45, 7) is 2.27. The number of hydrogen-bond donors (Lipinski definition) is 1. The van der Waals surface area contributed by atoms with E-state index in [9.17, 15) is 8.42 Å². The molecule has 7 nitrogen and oxygen atoms in total. The summed E-state index contributed by atoms with van der Waals surface area (Å²) in [4.78, 5) is 4.42. The molecule has 0 atom stereocenters. The lowest BCUT2D eigenvalue weighted by Gasteiger charge is -2.19. The molecule has 136 valence electrons. The van der Waals surface area contributed by atoms with Crippen molar-refractivity contribution in [1.29, 1.82) is 0 Å². The highest BCUT2D eigenvalue weighted by Gasteiger charge is 2.21. The van der Waals surface area contributed by atoms with Gasteiger partial charge in [-0.2, -0.15) is 4.98 Å². The van der Waals surface area contributed by atoms with E-state index < -0.39 is 10.0 Å². The fourth-order valence-corrected chi connectivity index (χ4v) is 3.63. The first-order valence-electron chi connectivity index (χ1n) is 8.20. The van der Waals surface area contributed by atoms with Crippen LogP contribution < -0.4 is 9.62 Å². The molecule has 3 rings (SSSR count). The van der Waals surface area contributed by atoms with Crippen molar-refractivity contribution >= 4 is 21.4 Å². The number of aromatic nitrogens is 2. The van der Waals surface area contributed by atoms with Gasteiger partial charge in [-0.05, 0) is 30.3 Å². The highest BCUT2D eigenvalue weighted by molar-refractivity contribution is 7.92. The normalized spacial score (nSPS) is 11.3. The SMILES string of the molecule is CCc1noc(CNc2cccc(S(=O)(=O)N(C)c3ccccc3)c2)n1. The van der Waals surface area contributed by atoms with Crippen molar-refractivity contribution in [2.24, 2.45) is 0 Å². The number of sulfonamides is 1. The van der Waals surface area contributed by atoms with Crippen LogP contribution in [0.15, 0.2) is 64.0 Å². The minimum absolute atomic E-state index is 0.202. The number of nitrogens with one attached hydrogen (secondary N) is 1. The predicted octanol–water partition coefficient (Wildman–Crippen LogP) is 3.07. The molecule has 0 aliphatic rings. The topological polar surface area (TPSA) is 88.3 Å².